The van der Waals surface area contributed by atoms with Crippen LogP contribution in [0.4, 0.5) is 0 Å². The minimum Gasteiger partial charge on any atom is -0.468 e. The molecular formula is C17H22N2O. The molecule has 3 heteroatoms. The summed E-state index contributed by atoms with van der Waals surface area (Å²) >= 11 is 0. The number of furan rings is 1. The highest BCUT2D eigenvalue weighted by molar-refractivity contribution is 5.28. The smallest absolute Gasteiger partial charge is 0.118 e. The number of nitrogens with one attached hydrogen (secondary N) is 1. The molecule has 0 amide bonds. The third-order valence-electron chi connectivity index (χ3n) is 3.90. The van der Waals surface area contributed by atoms with Gasteiger partial charge in [-0.25, -0.2) is 0 Å². The van der Waals surface area contributed by atoms with Crippen molar-refractivity contribution in [3.8, 4) is 0 Å². The van der Waals surface area contributed by atoms with Crippen LogP contribution < -0.4 is 5.32 Å². The molecule has 0 spiro atoms. The topological polar surface area (TPSA) is 28.4 Å². The van der Waals surface area contributed by atoms with Crippen molar-refractivity contribution < 1.29 is 4.42 Å². The number of rotatable bonds is 4. The van der Waals surface area contributed by atoms with E-state index in [2.05, 4.69) is 40.5 Å². The summed E-state index contributed by atoms with van der Waals surface area (Å²) in [6.07, 6.45) is 4.27. The van der Waals surface area contributed by atoms with Crippen molar-refractivity contribution in [3.05, 3.63) is 59.0 Å². The van der Waals surface area contributed by atoms with Gasteiger partial charge in [0.05, 0.1) is 12.8 Å². The Labute approximate surface area is 120 Å². The molecule has 0 unspecified atom stereocenters. The van der Waals surface area contributed by atoms with Gasteiger partial charge in [-0.1, -0.05) is 24.3 Å². The van der Waals surface area contributed by atoms with Crippen molar-refractivity contribution in [2.24, 2.45) is 0 Å². The highest BCUT2D eigenvalue weighted by atomic mass is 16.3. The normalized spacial score (nSPS) is 15.8. The Hall–Kier alpha value is -1.58. The molecule has 0 aliphatic carbocycles. The zero-order valence-electron chi connectivity index (χ0n) is 12.1. The fourth-order valence-corrected chi connectivity index (χ4v) is 2.93. The summed E-state index contributed by atoms with van der Waals surface area (Å²) in [5.74, 6) is 1.06. The SMILES string of the molecule is CNCc1coc(CN2CCCc3ccccc3C2)c1. The van der Waals surface area contributed by atoms with E-state index in [-0.39, 0.29) is 0 Å². The molecule has 3 nitrogen and oxygen atoms in total. The molecule has 0 radical (unpaired) electrons. The Morgan fingerprint density at radius 2 is 2.10 bits per heavy atom. The van der Waals surface area contributed by atoms with Gasteiger partial charge in [-0.15, -0.1) is 0 Å². The van der Waals surface area contributed by atoms with E-state index in [1.165, 1.54) is 29.5 Å². The number of aryl methyl sites for hydroxylation is 1. The van der Waals surface area contributed by atoms with Crippen LogP contribution >= 0.6 is 0 Å². The molecule has 1 aliphatic heterocycles. The van der Waals surface area contributed by atoms with E-state index >= 15 is 0 Å². The summed E-state index contributed by atoms with van der Waals surface area (Å²) < 4.78 is 5.67. The van der Waals surface area contributed by atoms with Crippen LogP contribution in [0.15, 0.2) is 41.0 Å². The Balaban J connectivity index is 1.68. The van der Waals surface area contributed by atoms with Crippen molar-refractivity contribution in [2.75, 3.05) is 13.6 Å². The van der Waals surface area contributed by atoms with Gasteiger partial charge in [0, 0.05) is 18.7 Å². The summed E-state index contributed by atoms with van der Waals surface area (Å²) in [5, 5.41) is 3.15. The highest BCUT2D eigenvalue weighted by Gasteiger charge is 2.15. The first kappa shape index (κ1) is 13.4. The zero-order valence-corrected chi connectivity index (χ0v) is 12.1. The van der Waals surface area contributed by atoms with Crippen LogP contribution in [0.1, 0.15) is 28.9 Å². The maximum absolute atomic E-state index is 5.67. The molecule has 0 saturated carbocycles. The summed E-state index contributed by atoms with van der Waals surface area (Å²) in [4.78, 5) is 2.48. The Morgan fingerprint density at radius 3 is 2.95 bits per heavy atom. The quantitative estimate of drug-likeness (QED) is 0.926. The molecule has 1 N–H and O–H groups in total. The van der Waals surface area contributed by atoms with Crippen molar-refractivity contribution in [1.29, 1.82) is 0 Å². The van der Waals surface area contributed by atoms with Crippen LogP contribution in [0.25, 0.3) is 0 Å². The lowest BCUT2D eigenvalue weighted by atomic mass is 10.0. The average molecular weight is 270 g/mol. The van der Waals surface area contributed by atoms with E-state index in [1.54, 1.807) is 0 Å². The number of nitrogens with zero attached hydrogens (tertiary/aromatic N) is 1. The summed E-state index contributed by atoms with van der Waals surface area (Å²) in [6, 6.07) is 11.0. The van der Waals surface area contributed by atoms with Crippen molar-refractivity contribution in [2.45, 2.75) is 32.5 Å². The van der Waals surface area contributed by atoms with Gasteiger partial charge in [0.1, 0.15) is 5.76 Å². The number of benzene rings is 1. The van der Waals surface area contributed by atoms with Crippen LogP contribution in [0.3, 0.4) is 0 Å². The molecule has 1 aromatic heterocycles. The fourth-order valence-electron chi connectivity index (χ4n) is 2.93. The standard InChI is InChI=1S/C17H22N2O/c1-18-10-14-9-17(20-13-14)12-19-8-4-7-15-5-2-3-6-16(15)11-19/h2-3,5-6,9,13,18H,4,7-8,10-12H2,1H3. The van der Waals surface area contributed by atoms with Crippen LogP contribution in [0, 0.1) is 0 Å². The number of hydrogen-bond donors (Lipinski definition) is 1. The molecule has 106 valence electrons. The maximum atomic E-state index is 5.67. The third kappa shape index (κ3) is 3.11. The number of hydrogen-bond acceptors (Lipinski definition) is 3. The summed E-state index contributed by atoms with van der Waals surface area (Å²) in [6.45, 7) is 3.93. The lowest BCUT2D eigenvalue weighted by Gasteiger charge is -2.18. The molecule has 0 saturated heterocycles. The Bertz CT molecular complexity index is 562. The Morgan fingerprint density at radius 1 is 1.25 bits per heavy atom. The van der Waals surface area contributed by atoms with Crippen molar-refractivity contribution >= 4 is 0 Å². The highest BCUT2D eigenvalue weighted by Crippen LogP contribution is 2.20. The van der Waals surface area contributed by atoms with Gasteiger partial charge in [0.25, 0.3) is 0 Å². The first-order valence-electron chi connectivity index (χ1n) is 7.35. The van der Waals surface area contributed by atoms with Gasteiger partial charge in [-0.3, -0.25) is 4.90 Å². The van der Waals surface area contributed by atoms with Crippen LogP contribution in [0.5, 0.6) is 0 Å². The first-order valence-corrected chi connectivity index (χ1v) is 7.35. The van der Waals surface area contributed by atoms with E-state index in [1.807, 2.05) is 13.3 Å². The summed E-state index contributed by atoms with van der Waals surface area (Å²) in [5.41, 5.74) is 4.19. The molecule has 3 rings (SSSR count). The zero-order chi connectivity index (χ0) is 13.8. The minimum atomic E-state index is 0.867. The van der Waals surface area contributed by atoms with E-state index in [0.29, 0.717) is 0 Å². The fraction of sp³-hybridized carbons (Fsp3) is 0.412. The molecule has 0 fully saturated rings. The molecule has 20 heavy (non-hydrogen) atoms. The second kappa shape index (κ2) is 6.25. The molecule has 2 heterocycles. The van der Waals surface area contributed by atoms with Gasteiger partial charge in [0.2, 0.25) is 0 Å². The van der Waals surface area contributed by atoms with Gasteiger partial charge in [-0.2, -0.15) is 0 Å². The molecule has 0 atom stereocenters. The predicted octanol–water partition coefficient (Wildman–Crippen LogP) is 2.95. The van der Waals surface area contributed by atoms with Crippen molar-refractivity contribution in [1.82, 2.24) is 10.2 Å². The van der Waals surface area contributed by atoms with Crippen LogP contribution in [-0.4, -0.2) is 18.5 Å². The minimum absolute atomic E-state index is 0.867. The van der Waals surface area contributed by atoms with E-state index in [0.717, 1.165) is 31.9 Å². The molecule has 1 aliphatic rings. The van der Waals surface area contributed by atoms with Crippen LogP contribution in [0.2, 0.25) is 0 Å². The van der Waals surface area contributed by atoms with E-state index in [4.69, 9.17) is 4.42 Å². The van der Waals surface area contributed by atoms with Gasteiger partial charge in [-0.05, 0) is 43.6 Å². The largest absolute Gasteiger partial charge is 0.468 e. The van der Waals surface area contributed by atoms with Gasteiger partial charge < -0.3 is 9.73 Å². The Kier molecular flexibility index (Phi) is 4.19. The predicted molar refractivity (Wildman–Crippen MR) is 80.3 cm³/mol. The lowest BCUT2D eigenvalue weighted by molar-refractivity contribution is 0.239. The maximum Gasteiger partial charge on any atom is 0.118 e. The molecular weight excluding hydrogens is 248 g/mol. The second-order valence-electron chi connectivity index (χ2n) is 5.53. The third-order valence-corrected chi connectivity index (χ3v) is 3.90. The first-order chi connectivity index (χ1) is 9.85. The summed E-state index contributed by atoms with van der Waals surface area (Å²) in [7, 11) is 1.96. The van der Waals surface area contributed by atoms with Gasteiger partial charge >= 0.3 is 0 Å². The lowest BCUT2D eigenvalue weighted by Crippen LogP contribution is -2.22. The molecule has 0 bridgehead atoms. The average Bonchev–Trinajstić information content (AvgIpc) is 2.78. The van der Waals surface area contributed by atoms with E-state index in [9.17, 15) is 0 Å². The van der Waals surface area contributed by atoms with Crippen LogP contribution in [-0.2, 0) is 26.1 Å². The van der Waals surface area contributed by atoms with Gasteiger partial charge in [0.15, 0.2) is 0 Å². The van der Waals surface area contributed by atoms with E-state index < -0.39 is 0 Å². The molecule has 1 aromatic carbocycles. The monoisotopic (exact) mass is 270 g/mol. The number of fused-ring (bicyclic) bond motifs is 1. The molecule has 2 aromatic rings. The van der Waals surface area contributed by atoms with Crippen molar-refractivity contribution in [3.63, 3.8) is 0 Å². The second-order valence-corrected chi connectivity index (χ2v) is 5.53.